The molecular weight excluding hydrogens is 284 g/mol. The lowest BCUT2D eigenvalue weighted by molar-refractivity contribution is -0.00719. The normalized spacial score (nSPS) is 18.4. The third-order valence-corrected chi connectivity index (χ3v) is 3.70. The molecule has 0 unspecified atom stereocenters. The number of ether oxygens (including phenoxy) is 1. The van der Waals surface area contributed by atoms with Gasteiger partial charge in [0.15, 0.2) is 5.52 Å². The maximum atomic E-state index is 12.2. The number of aryl methyl sites for hydroxylation is 1. The van der Waals surface area contributed by atoms with Gasteiger partial charge in [-0.1, -0.05) is 0 Å². The Hall–Kier alpha value is -2.31. The van der Waals surface area contributed by atoms with Crippen LogP contribution in [0.25, 0.3) is 11.0 Å². The highest BCUT2D eigenvalue weighted by Crippen LogP contribution is 2.33. The number of carbonyl (C=O) groups excluding carboxylic acids is 1. The van der Waals surface area contributed by atoms with E-state index in [9.17, 15) is 9.59 Å². The van der Waals surface area contributed by atoms with Gasteiger partial charge in [-0.2, -0.15) is 0 Å². The van der Waals surface area contributed by atoms with Crippen molar-refractivity contribution in [1.29, 1.82) is 0 Å². The lowest BCUT2D eigenvalue weighted by atomic mass is 10.0. The molecule has 2 aromatic heterocycles. The Bertz CT molecular complexity index is 784. The highest BCUT2D eigenvalue weighted by molar-refractivity contribution is 5.74. The van der Waals surface area contributed by atoms with Gasteiger partial charge in [0.25, 0.3) is 5.56 Å². The minimum absolute atomic E-state index is 0.150. The van der Waals surface area contributed by atoms with Gasteiger partial charge >= 0.3 is 6.09 Å². The molecule has 0 radical (unpaired) electrons. The number of pyridine rings is 1. The van der Waals surface area contributed by atoms with E-state index >= 15 is 0 Å². The number of aromatic nitrogens is 3. The van der Waals surface area contributed by atoms with Crippen LogP contribution in [0.5, 0.6) is 0 Å². The number of rotatable bonds is 1. The predicted octanol–water partition coefficient (Wildman–Crippen LogP) is 1.94. The summed E-state index contributed by atoms with van der Waals surface area (Å²) in [4.78, 5) is 33.4. The number of fused-ring (bicyclic) bond motifs is 1. The molecule has 2 aromatic rings. The van der Waals surface area contributed by atoms with Gasteiger partial charge in [0.2, 0.25) is 0 Å². The van der Waals surface area contributed by atoms with Gasteiger partial charge < -0.3 is 14.3 Å². The molecular formula is C15H20N4O3. The molecule has 1 N–H and O–H groups in total. The highest BCUT2D eigenvalue weighted by atomic mass is 16.6. The average Bonchev–Trinajstić information content (AvgIpc) is 2.74. The molecule has 1 aliphatic rings. The maximum absolute atomic E-state index is 12.2. The number of likely N-dealkylation sites (tertiary alicyclic amines) is 1. The summed E-state index contributed by atoms with van der Waals surface area (Å²) in [6.07, 6.45) is 2.15. The summed E-state index contributed by atoms with van der Waals surface area (Å²) in [6, 6.07) is 1.65. The van der Waals surface area contributed by atoms with Crippen molar-refractivity contribution in [2.24, 2.45) is 7.05 Å². The van der Waals surface area contributed by atoms with Crippen molar-refractivity contribution < 1.29 is 9.53 Å². The van der Waals surface area contributed by atoms with E-state index in [1.165, 1.54) is 4.57 Å². The topological polar surface area (TPSA) is 80.2 Å². The Morgan fingerprint density at radius 3 is 2.77 bits per heavy atom. The summed E-state index contributed by atoms with van der Waals surface area (Å²) in [7, 11) is 1.69. The fourth-order valence-corrected chi connectivity index (χ4v) is 2.48. The molecule has 0 spiro atoms. The van der Waals surface area contributed by atoms with E-state index in [0.717, 1.165) is 6.42 Å². The second-order valence-electron chi connectivity index (χ2n) is 6.59. The Labute approximate surface area is 127 Å². The Balaban J connectivity index is 1.87. The first-order valence-electron chi connectivity index (χ1n) is 7.31. The molecule has 7 nitrogen and oxygen atoms in total. The van der Waals surface area contributed by atoms with Crippen LogP contribution < -0.4 is 5.56 Å². The Morgan fingerprint density at radius 1 is 1.45 bits per heavy atom. The first kappa shape index (κ1) is 14.6. The fraction of sp³-hybridized carbons (Fsp3) is 0.533. The molecule has 0 saturated carbocycles. The van der Waals surface area contributed by atoms with Gasteiger partial charge in [0.05, 0.1) is 11.6 Å². The molecule has 118 valence electrons. The van der Waals surface area contributed by atoms with Crippen LogP contribution >= 0.6 is 0 Å². The van der Waals surface area contributed by atoms with Gasteiger partial charge in [0.1, 0.15) is 11.4 Å². The van der Waals surface area contributed by atoms with Crippen LogP contribution in [0.3, 0.4) is 0 Å². The van der Waals surface area contributed by atoms with Crippen LogP contribution in [0.4, 0.5) is 4.79 Å². The summed E-state index contributed by atoms with van der Waals surface area (Å²) in [5.74, 6) is 0.635. The number of H-pyrrole nitrogens is 1. The number of imidazole rings is 1. The van der Waals surface area contributed by atoms with E-state index in [-0.39, 0.29) is 17.7 Å². The highest BCUT2D eigenvalue weighted by Gasteiger charge is 2.38. The number of nitrogens with zero attached hydrogens (tertiary/aromatic N) is 3. The van der Waals surface area contributed by atoms with Gasteiger partial charge in [0, 0.05) is 19.8 Å². The molecule has 0 aliphatic carbocycles. The Morgan fingerprint density at radius 2 is 2.18 bits per heavy atom. The van der Waals surface area contributed by atoms with Crippen LogP contribution in [0.2, 0.25) is 0 Å². The van der Waals surface area contributed by atoms with Gasteiger partial charge in [-0.3, -0.25) is 9.69 Å². The molecule has 7 heteroatoms. The third kappa shape index (κ3) is 2.47. The first-order chi connectivity index (χ1) is 10.3. The quantitative estimate of drug-likeness (QED) is 0.873. The fourth-order valence-electron chi connectivity index (χ4n) is 2.48. The minimum atomic E-state index is -0.527. The zero-order valence-electron chi connectivity index (χ0n) is 13.2. The molecule has 1 amide bonds. The molecule has 1 aliphatic heterocycles. The molecule has 0 aromatic carbocycles. The van der Waals surface area contributed by atoms with Crippen molar-refractivity contribution >= 4 is 17.1 Å². The molecule has 1 atom stereocenters. The third-order valence-electron chi connectivity index (χ3n) is 3.70. The van der Waals surface area contributed by atoms with Crippen molar-refractivity contribution in [2.45, 2.75) is 38.8 Å². The zero-order chi connectivity index (χ0) is 16.1. The van der Waals surface area contributed by atoms with E-state index in [2.05, 4.69) is 9.97 Å². The first-order valence-corrected chi connectivity index (χ1v) is 7.31. The smallest absolute Gasteiger partial charge is 0.410 e. The average molecular weight is 304 g/mol. The van der Waals surface area contributed by atoms with Crippen molar-refractivity contribution in [3.8, 4) is 0 Å². The summed E-state index contributed by atoms with van der Waals surface area (Å²) in [5, 5.41) is 0. The van der Waals surface area contributed by atoms with Gasteiger partial charge in [-0.25, -0.2) is 9.78 Å². The number of hydrogen-bond acceptors (Lipinski definition) is 4. The van der Waals surface area contributed by atoms with E-state index < -0.39 is 5.60 Å². The number of amides is 1. The predicted molar refractivity (Wildman–Crippen MR) is 81.6 cm³/mol. The van der Waals surface area contributed by atoms with Crippen molar-refractivity contribution in [2.75, 3.05) is 6.54 Å². The summed E-state index contributed by atoms with van der Waals surface area (Å²) in [6.45, 7) is 6.15. The molecule has 1 saturated heterocycles. The number of hydrogen-bond donors (Lipinski definition) is 1. The monoisotopic (exact) mass is 304 g/mol. The number of aromatic amines is 1. The van der Waals surface area contributed by atoms with Crippen LogP contribution in [-0.2, 0) is 11.8 Å². The number of nitrogens with one attached hydrogen (secondary N) is 1. The van der Waals surface area contributed by atoms with Crippen molar-refractivity contribution in [3.05, 3.63) is 28.4 Å². The van der Waals surface area contributed by atoms with E-state index in [1.54, 1.807) is 18.1 Å². The molecule has 22 heavy (non-hydrogen) atoms. The van der Waals surface area contributed by atoms with Gasteiger partial charge in [-0.15, -0.1) is 0 Å². The van der Waals surface area contributed by atoms with Crippen LogP contribution in [0, 0.1) is 0 Å². The molecule has 3 heterocycles. The lowest BCUT2D eigenvalue weighted by Gasteiger charge is -2.40. The van der Waals surface area contributed by atoms with Crippen molar-refractivity contribution in [1.82, 2.24) is 19.4 Å². The second kappa shape index (κ2) is 4.86. The minimum Gasteiger partial charge on any atom is -0.444 e. The van der Waals surface area contributed by atoms with Crippen LogP contribution in [-0.4, -0.2) is 37.7 Å². The van der Waals surface area contributed by atoms with Crippen molar-refractivity contribution in [3.63, 3.8) is 0 Å². The van der Waals surface area contributed by atoms with E-state index in [4.69, 9.17) is 4.74 Å². The maximum Gasteiger partial charge on any atom is 0.410 e. The molecule has 1 fully saturated rings. The van der Waals surface area contributed by atoms with Crippen LogP contribution in [0.15, 0.2) is 17.1 Å². The molecule has 0 bridgehead atoms. The van der Waals surface area contributed by atoms with E-state index in [1.807, 2.05) is 26.8 Å². The summed E-state index contributed by atoms with van der Waals surface area (Å²) < 4.78 is 6.88. The lowest BCUT2D eigenvalue weighted by Crippen LogP contribution is -2.47. The Kier molecular flexibility index (Phi) is 3.23. The second-order valence-corrected chi connectivity index (χ2v) is 6.59. The zero-order valence-corrected chi connectivity index (χ0v) is 13.2. The SMILES string of the molecule is Cn1ccc2[nH]c([C@@H]3CCN3C(=O)OC(C)(C)C)nc2c1=O. The van der Waals surface area contributed by atoms with Gasteiger partial charge in [-0.05, 0) is 33.3 Å². The summed E-state index contributed by atoms with van der Waals surface area (Å²) >= 11 is 0. The number of carbonyl (C=O) groups is 1. The summed E-state index contributed by atoms with van der Waals surface area (Å²) in [5.41, 5.74) is 0.412. The van der Waals surface area contributed by atoms with Crippen LogP contribution in [0.1, 0.15) is 39.1 Å². The largest absolute Gasteiger partial charge is 0.444 e. The van der Waals surface area contributed by atoms with E-state index in [0.29, 0.717) is 23.4 Å². The standard InChI is InChI=1S/C15H20N4O3/c1-15(2,3)22-14(21)19-8-6-10(19)12-16-9-5-7-18(4)13(20)11(9)17-12/h5,7,10H,6,8H2,1-4H3,(H,16,17)/t10-/m0/s1. The molecule has 3 rings (SSSR count).